The van der Waals surface area contributed by atoms with Crippen LogP contribution in [0.3, 0.4) is 0 Å². The summed E-state index contributed by atoms with van der Waals surface area (Å²) in [6.07, 6.45) is 0. The molecular weight excluding hydrogens is 350 g/mol. The Kier molecular flexibility index (Phi) is 6.33. The van der Waals surface area contributed by atoms with E-state index in [1.54, 1.807) is 19.2 Å². The summed E-state index contributed by atoms with van der Waals surface area (Å²) < 4.78 is 11.3. The van der Waals surface area contributed by atoms with Crippen LogP contribution in [0.1, 0.15) is 40.0 Å². The van der Waals surface area contributed by atoms with Crippen LogP contribution in [-0.2, 0) is 6.61 Å². The molecule has 1 N–H and O–H groups in total. The molecule has 0 unspecified atom stereocenters. The zero-order chi connectivity index (χ0) is 19.9. The lowest BCUT2D eigenvalue weighted by molar-refractivity contribution is 0.0939. The number of amides is 1. The lowest BCUT2D eigenvalue weighted by atomic mass is 10.1. The van der Waals surface area contributed by atoms with E-state index in [2.05, 4.69) is 5.32 Å². The molecule has 3 rings (SSSR count). The summed E-state index contributed by atoms with van der Waals surface area (Å²) in [5.41, 5.74) is 3.59. The maximum Gasteiger partial charge on any atom is 0.251 e. The molecule has 0 saturated heterocycles. The van der Waals surface area contributed by atoms with E-state index in [1.807, 2.05) is 74.5 Å². The van der Waals surface area contributed by atoms with Crippen LogP contribution >= 0.6 is 0 Å². The fourth-order valence-corrected chi connectivity index (χ4v) is 3.00. The summed E-state index contributed by atoms with van der Waals surface area (Å²) >= 11 is 0. The van der Waals surface area contributed by atoms with Gasteiger partial charge in [-0.2, -0.15) is 0 Å². The first-order valence-electron chi connectivity index (χ1n) is 9.29. The highest BCUT2D eigenvalue weighted by molar-refractivity contribution is 5.94. The van der Waals surface area contributed by atoms with Crippen molar-refractivity contribution in [2.75, 3.05) is 7.11 Å². The van der Waals surface area contributed by atoms with Gasteiger partial charge in [-0.25, -0.2) is 0 Å². The van der Waals surface area contributed by atoms with Gasteiger partial charge in [0.25, 0.3) is 5.91 Å². The van der Waals surface area contributed by atoms with Gasteiger partial charge in [-0.1, -0.05) is 42.5 Å². The minimum absolute atomic E-state index is 0.0807. The smallest absolute Gasteiger partial charge is 0.251 e. The number of nitrogens with one attached hydrogen (secondary N) is 1. The standard InChI is InChI=1S/C24H25NO3/c1-17-8-7-11-22(14-17)28-16-21-15-20(12-13-23(21)27-3)24(26)25-18(2)19-9-5-4-6-10-19/h4-15,18H,16H2,1-3H3,(H,25,26)/t18-/m0/s1. The number of benzene rings is 3. The van der Waals surface area contributed by atoms with E-state index in [0.717, 1.165) is 22.4 Å². The van der Waals surface area contributed by atoms with Gasteiger partial charge >= 0.3 is 0 Å². The van der Waals surface area contributed by atoms with Gasteiger partial charge in [-0.3, -0.25) is 4.79 Å². The largest absolute Gasteiger partial charge is 0.496 e. The molecule has 28 heavy (non-hydrogen) atoms. The number of hydrogen-bond acceptors (Lipinski definition) is 3. The topological polar surface area (TPSA) is 47.6 Å². The minimum atomic E-state index is -0.129. The van der Waals surface area contributed by atoms with Crippen LogP contribution in [0, 0.1) is 6.92 Å². The van der Waals surface area contributed by atoms with Crippen LogP contribution in [0.15, 0.2) is 72.8 Å². The average Bonchev–Trinajstić information content (AvgIpc) is 2.72. The van der Waals surface area contributed by atoms with Crippen LogP contribution < -0.4 is 14.8 Å². The number of methoxy groups -OCH3 is 1. The Morgan fingerprint density at radius 3 is 2.50 bits per heavy atom. The Hall–Kier alpha value is -3.27. The molecule has 0 saturated carbocycles. The number of carbonyl (C=O) groups excluding carboxylic acids is 1. The number of hydrogen-bond donors (Lipinski definition) is 1. The molecule has 0 heterocycles. The van der Waals surface area contributed by atoms with Crippen molar-refractivity contribution in [2.45, 2.75) is 26.5 Å². The van der Waals surface area contributed by atoms with Crippen molar-refractivity contribution in [3.63, 3.8) is 0 Å². The van der Waals surface area contributed by atoms with Crippen molar-refractivity contribution in [2.24, 2.45) is 0 Å². The summed E-state index contributed by atoms with van der Waals surface area (Å²) in [5.74, 6) is 1.35. The molecule has 0 radical (unpaired) electrons. The highest BCUT2D eigenvalue weighted by atomic mass is 16.5. The van der Waals surface area contributed by atoms with E-state index >= 15 is 0 Å². The van der Waals surface area contributed by atoms with E-state index in [-0.39, 0.29) is 11.9 Å². The van der Waals surface area contributed by atoms with Crippen molar-refractivity contribution in [1.82, 2.24) is 5.32 Å². The molecule has 0 bridgehead atoms. The maximum absolute atomic E-state index is 12.7. The predicted octanol–water partition coefficient (Wildman–Crippen LogP) is 5.07. The zero-order valence-electron chi connectivity index (χ0n) is 16.4. The highest BCUT2D eigenvalue weighted by Gasteiger charge is 2.14. The fourth-order valence-electron chi connectivity index (χ4n) is 3.00. The van der Waals surface area contributed by atoms with Crippen LogP contribution in [0.4, 0.5) is 0 Å². The van der Waals surface area contributed by atoms with E-state index in [9.17, 15) is 4.79 Å². The van der Waals surface area contributed by atoms with E-state index in [0.29, 0.717) is 17.9 Å². The Morgan fingerprint density at radius 1 is 1.00 bits per heavy atom. The second-order valence-electron chi connectivity index (χ2n) is 6.74. The number of ether oxygens (including phenoxy) is 2. The van der Waals surface area contributed by atoms with Gasteiger partial charge in [0, 0.05) is 11.1 Å². The van der Waals surface area contributed by atoms with Crippen molar-refractivity contribution in [1.29, 1.82) is 0 Å². The molecular formula is C24H25NO3. The Labute approximate surface area is 166 Å². The minimum Gasteiger partial charge on any atom is -0.496 e. The van der Waals surface area contributed by atoms with Crippen LogP contribution in [0.5, 0.6) is 11.5 Å². The SMILES string of the molecule is COc1ccc(C(=O)N[C@@H](C)c2ccccc2)cc1COc1cccc(C)c1. The second kappa shape index (κ2) is 9.09. The highest BCUT2D eigenvalue weighted by Crippen LogP contribution is 2.23. The Bertz CT molecular complexity index is 938. The fraction of sp³-hybridized carbons (Fsp3) is 0.208. The average molecular weight is 375 g/mol. The van der Waals surface area contributed by atoms with Gasteiger partial charge in [0.15, 0.2) is 0 Å². The molecule has 0 fully saturated rings. The Balaban J connectivity index is 1.73. The normalized spacial score (nSPS) is 11.5. The molecule has 0 aromatic heterocycles. The Morgan fingerprint density at radius 2 is 1.79 bits per heavy atom. The van der Waals surface area contributed by atoms with Crippen molar-refractivity contribution < 1.29 is 14.3 Å². The molecule has 4 nitrogen and oxygen atoms in total. The van der Waals surface area contributed by atoms with E-state index < -0.39 is 0 Å². The first-order chi connectivity index (χ1) is 13.6. The van der Waals surface area contributed by atoms with Crippen LogP contribution in [0.25, 0.3) is 0 Å². The second-order valence-corrected chi connectivity index (χ2v) is 6.74. The van der Waals surface area contributed by atoms with Gasteiger partial charge in [-0.05, 0) is 55.3 Å². The van der Waals surface area contributed by atoms with Gasteiger partial charge in [0.2, 0.25) is 0 Å². The zero-order valence-corrected chi connectivity index (χ0v) is 16.4. The van der Waals surface area contributed by atoms with Crippen LogP contribution in [0.2, 0.25) is 0 Å². The molecule has 144 valence electrons. The van der Waals surface area contributed by atoms with E-state index in [4.69, 9.17) is 9.47 Å². The molecule has 0 aliphatic rings. The maximum atomic E-state index is 12.7. The third kappa shape index (κ3) is 4.92. The monoisotopic (exact) mass is 375 g/mol. The van der Waals surface area contributed by atoms with Gasteiger partial charge < -0.3 is 14.8 Å². The molecule has 3 aromatic carbocycles. The molecule has 0 spiro atoms. The van der Waals surface area contributed by atoms with Crippen LogP contribution in [-0.4, -0.2) is 13.0 Å². The molecule has 1 amide bonds. The summed E-state index contributed by atoms with van der Waals surface area (Å²) in [4.78, 5) is 12.7. The summed E-state index contributed by atoms with van der Waals surface area (Å²) in [5, 5.41) is 3.04. The summed E-state index contributed by atoms with van der Waals surface area (Å²) in [7, 11) is 1.61. The van der Waals surface area contributed by atoms with E-state index in [1.165, 1.54) is 0 Å². The van der Waals surface area contributed by atoms with Gasteiger partial charge in [0.1, 0.15) is 18.1 Å². The van der Waals surface area contributed by atoms with Crippen molar-refractivity contribution in [3.05, 3.63) is 95.1 Å². The first kappa shape index (κ1) is 19.5. The van der Waals surface area contributed by atoms with Gasteiger partial charge in [-0.15, -0.1) is 0 Å². The van der Waals surface area contributed by atoms with Gasteiger partial charge in [0.05, 0.1) is 13.2 Å². The molecule has 4 heteroatoms. The number of carbonyl (C=O) groups is 1. The van der Waals surface area contributed by atoms with Crippen molar-refractivity contribution in [3.8, 4) is 11.5 Å². The third-order valence-corrected chi connectivity index (χ3v) is 4.57. The molecule has 1 atom stereocenters. The van der Waals surface area contributed by atoms with Crippen molar-refractivity contribution >= 4 is 5.91 Å². The predicted molar refractivity (Wildman–Crippen MR) is 111 cm³/mol. The first-order valence-corrected chi connectivity index (χ1v) is 9.29. The molecule has 0 aliphatic carbocycles. The lowest BCUT2D eigenvalue weighted by Gasteiger charge is -2.16. The molecule has 3 aromatic rings. The molecule has 0 aliphatic heterocycles. The quantitative estimate of drug-likeness (QED) is 0.627. The summed E-state index contributed by atoms with van der Waals surface area (Å²) in [6.45, 7) is 4.31. The third-order valence-electron chi connectivity index (χ3n) is 4.57. The number of aryl methyl sites for hydroxylation is 1. The summed E-state index contributed by atoms with van der Waals surface area (Å²) in [6, 6.07) is 23.1. The lowest BCUT2D eigenvalue weighted by Crippen LogP contribution is -2.26. The number of rotatable bonds is 7.